The summed E-state index contributed by atoms with van der Waals surface area (Å²) in [6, 6.07) is 12.0. The monoisotopic (exact) mass is 353 g/mol. The Hall–Kier alpha value is -1.62. The van der Waals surface area contributed by atoms with E-state index < -0.39 is 0 Å². The van der Waals surface area contributed by atoms with Crippen LogP contribution in [0.5, 0.6) is 0 Å². The number of nitrogens with zero attached hydrogens (tertiary/aromatic N) is 2. The minimum Gasteiger partial charge on any atom is -0.334 e. The van der Waals surface area contributed by atoms with Gasteiger partial charge < -0.3 is 10.6 Å². The van der Waals surface area contributed by atoms with Crippen LogP contribution in [-0.2, 0) is 0 Å². The first-order valence-electron chi connectivity index (χ1n) is 7.31. The Balaban J connectivity index is 0.00000132. The lowest BCUT2D eigenvalue weighted by atomic mass is 10.1. The molecule has 1 atom stereocenters. The Morgan fingerprint density at radius 1 is 1.17 bits per heavy atom. The molecule has 1 aliphatic rings. The molecule has 4 nitrogen and oxygen atoms in total. The molecule has 3 rings (SSSR count). The molecule has 2 heterocycles. The van der Waals surface area contributed by atoms with Crippen molar-refractivity contribution in [1.29, 1.82) is 0 Å². The zero-order valence-electron chi connectivity index (χ0n) is 12.7. The smallest absolute Gasteiger partial charge is 0.255 e. The summed E-state index contributed by atoms with van der Waals surface area (Å²) >= 11 is 0. The molecule has 1 aliphatic heterocycles. The quantitative estimate of drug-likeness (QED) is 0.921. The van der Waals surface area contributed by atoms with Crippen molar-refractivity contribution in [2.75, 3.05) is 13.1 Å². The van der Waals surface area contributed by atoms with E-state index in [1.807, 2.05) is 41.3 Å². The highest BCUT2D eigenvalue weighted by molar-refractivity contribution is 5.95. The zero-order chi connectivity index (χ0) is 14.7. The Kier molecular flexibility index (Phi) is 7.49. The molecule has 23 heavy (non-hydrogen) atoms. The molecule has 0 aliphatic carbocycles. The summed E-state index contributed by atoms with van der Waals surface area (Å²) in [7, 11) is 0. The minimum atomic E-state index is 0. The van der Waals surface area contributed by atoms with Crippen LogP contribution in [-0.4, -0.2) is 34.9 Å². The maximum atomic E-state index is 12.6. The van der Waals surface area contributed by atoms with Crippen LogP contribution in [0.4, 0.5) is 0 Å². The molecule has 1 saturated heterocycles. The average Bonchev–Trinajstić information content (AvgIpc) is 3.04. The van der Waals surface area contributed by atoms with E-state index in [1.165, 1.54) is 0 Å². The summed E-state index contributed by atoms with van der Waals surface area (Å²) in [4.78, 5) is 18.7. The fourth-order valence-electron chi connectivity index (χ4n) is 2.86. The highest BCUT2D eigenvalue weighted by atomic mass is 35.5. The maximum Gasteiger partial charge on any atom is 0.255 e. The number of nitrogens with two attached hydrogens (primary N) is 1. The molecule has 0 saturated carbocycles. The van der Waals surface area contributed by atoms with Crippen molar-refractivity contribution < 1.29 is 4.79 Å². The Bertz CT molecular complexity index is 637. The molecule has 1 unspecified atom stereocenters. The molecule has 6 heteroatoms. The molecule has 1 aromatic carbocycles. The number of likely N-dealkylation sites (tertiary alicyclic amines) is 1. The van der Waals surface area contributed by atoms with Crippen LogP contribution in [0.3, 0.4) is 0 Å². The number of hydrogen-bond acceptors (Lipinski definition) is 3. The second kappa shape index (κ2) is 8.87. The Morgan fingerprint density at radius 2 is 1.91 bits per heavy atom. The van der Waals surface area contributed by atoms with E-state index in [1.54, 1.807) is 12.4 Å². The molecule has 1 amide bonds. The highest BCUT2D eigenvalue weighted by Crippen LogP contribution is 2.22. The maximum absolute atomic E-state index is 12.6. The highest BCUT2D eigenvalue weighted by Gasteiger charge is 2.28. The molecular weight excluding hydrogens is 333 g/mol. The van der Waals surface area contributed by atoms with Gasteiger partial charge in [0.1, 0.15) is 0 Å². The molecule has 1 fully saturated rings. The van der Waals surface area contributed by atoms with E-state index >= 15 is 0 Å². The van der Waals surface area contributed by atoms with E-state index in [0.29, 0.717) is 12.1 Å². The van der Waals surface area contributed by atoms with Crippen molar-refractivity contribution in [3.05, 3.63) is 54.4 Å². The van der Waals surface area contributed by atoms with Gasteiger partial charge in [-0.1, -0.05) is 30.3 Å². The summed E-state index contributed by atoms with van der Waals surface area (Å²) < 4.78 is 0. The van der Waals surface area contributed by atoms with Crippen LogP contribution >= 0.6 is 24.8 Å². The Labute approximate surface area is 148 Å². The third-order valence-electron chi connectivity index (χ3n) is 4.00. The molecule has 2 N–H and O–H groups in total. The first-order chi connectivity index (χ1) is 10.3. The summed E-state index contributed by atoms with van der Waals surface area (Å²) in [5.74, 6) is 0.0354. The number of hydrogen-bond donors (Lipinski definition) is 1. The third-order valence-corrected chi connectivity index (χ3v) is 4.00. The van der Waals surface area contributed by atoms with Crippen LogP contribution in [0.15, 0.2) is 48.8 Å². The molecule has 2 aromatic rings. The number of pyridine rings is 1. The molecular formula is C17H21Cl2N3O. The predicted molar refractivity (Wildman–Crippen MR) is 97.3 cm³/mol. The van der Waals surface area contributed by atoms with Crippen molar-refractivity contribution in [2.24, 2.45) is 5.73 Å². The SMILES string of the molecule is Cl.Cl.NCC1CCCN1C(=O)c1cncc(-c2ccccc2)c1. The van der Waals surface area contributed by atoms with Gasteiger partial charge in [-0.2, -0.15) is 0 Å². The van der Waals surface area contributed by atoms with Gasteiger partial charge in [0, 0.05) is 37.1 Å². The van der Waals surface area contributed by atoms with Gasteiger partial charge in [0.2, 0.25) is 0 Å². The first kappa shape index (κ1) is 19.4. The number of halogens is 2. The molecule has 1 aromatic heterocycles. The van der Waals surface area contributed by atoms with Crippen LogP contribution in [0.2, 0.25) is 0 Å². The number of rotatable bonds is 3. The van der Waals surface area contributed by atoms with Gasteiger partial charge in [0.25, 0.3) is 5.91 Å². The second-order valence-electron chi connectivity index (χ2n) is 5.36. The number of aromatic nitrogens is 1. The normalized spacial score (nSPS) is 16.4. The van der Waals surface area contributed by atoms with E-state index in [4.69, 9.17) is 5.73 Å². The van der Waals surface area contributed by atoms with Gasteiger partial charge >= 0.3 is 0 Å². The van der Waals surface area contributed by atoms with Crippen LogP contribution in [0.25, 0.3) is 11.1 Å². The molecule has 0 bridgehead atoms. The van der Waals surface area contributed by atoms with Gasteiger partial charge in [0.05, 0.1) is 5.56 Å². The average molecular weight is 354 g/mol. The van der Waals surface area contributed by atoms with Crippen molar-refractivity contribution in [3.63, 3.8) is 0 Å². The molecule has 124 valence electrons. The zero-order valence-corrected chi connectivity index (χ0v) is 14.4. The van der Waals surface area contributed by atoms with Gasteiger partial charge in [0.15, 0.2) is 0 Å². The number of carbonyl (C=O) groups is 1. The largest absolute Gasteiger partial charge is 0.334 e. The van der Waals surface area contributed by atoms with Gasteiger partial charge in [-0.15, -0.1) is 24.8 Å². The lowest BCUT2D eigenvalue weighted by molar-refractivity contribution is 0.0741. The fourth-order valence-corrected chi connectivity index (χ4v) is 2.86. The van der Waals surface area contributed by atoms with Crippen molar-refractivity contribution in [1.82, 2.24) is 9.88 Å². The fraction of sp³-hybridized carbons (Fsp3) is 0.294. The lowest BCUT2D eigenvalue weighted by Crippen LogP contribution is -2.39. The van der Waals surface area contributed by atoms with Crippen LogP contribution < -0.4 is 5.73 Å². The Morgan fingerprint density at radius 3 is 2.61 bits per heavy atom. The number of benzene rings is 1. The summed E-state index contributed by atoms with van der Waals surface area (Å²) in [6.07, 6.45) is 5.45. The summed E-state index contributed by atoms with van der Waals surface area (Å²) in [5, 5.41) is 0. The third kappa shape index (κ3) is 4.22. The van der Waals surface area contributed by atoms with E-state index in [-0.39, 0.29) is 36.8 Å². The predicted octanol–water partition coefficient (Wildman–Crippen LogP) is 3.16. The van der Waals surface area contributed by atoms with Crippen molar-refractivity contribution in [2.45, 2.75) is 18.9 Å². The van der Waals surface area contributed by atoms with Crippen LogP contribution in [0, 0.1) is 0 Å². The van der Waals surface area contributed by atoms with Crippen molar-refractivity contribution >= 4 is 30.7 Å². The van der Waals surface area contributed by atoms with E-state index in [9.17, 15) is 4.79 Å². The molecule has 0 radical (unpaired) electrons. The molecule has 0 spiro atoms. The van der Waals surface area contributed by atoms with Gasteiger partial charge in [-0.05, 0) is 24.5 Å². The second-order valence-corrected chi connectivity index (χ2v) is 5.36. The first-order valence-corrected chi connectivity index (χ1v) is 7.31. The lowest BCUT2D eigenvalue weighted by Gasteiger charge is -2.23. The van der Waals surface area contributed by atoms with Crippen molar-refractivity contribution in [3.8, 4) is 11.1 Å². The van der Waals surface area contributed by atoms with Gasteiger partial charge in [-0.3, -0.25) is 9.78 Å². The summed E-state index contributed by atoms with van der Waals surface area (Å²) in [6.45, 7) is 1.31. The summed E-state index contributed by atoms with van der Waals surface area (Å²) in [5.41, 5.74) is 8.42. The number of amides is 1. The topological polar surface area (TPSA) is 59.2 Å². The standard InChI is InChI=1S/C17H19N3O.2ClH/c18-10-16-7-4-8-20(16)17(21)15-9-14(11-19-12-15)13-5-2-1-3-6-13;;/h1-3,5-6,9,11-12,16H,4,7-8,10,18H2;2*1H. The van der Waals surface area contributed by atoms with E-state index in [2.05, 4.69) is 4.98 Å². The van der Waals surface area contributed by atoms with Gasteiger partial charge in [-0.25, -0.2) is 0 Å². The minimum absolute atomic E-state index is 0. The van der Waals surface area contributed by atoms with E-state index in [0.717, 1.165) is 30.5 Å². The number of carbonyl (C=O) groups excluding carboxylic acids is 1. The van der Waals surface area contributed by atoms with Crippen LogP contribution in [0.1, 0.15) is 23.2 Å².